The smallest absolute Gasteiger partial charge is 0.291 e. The fourth-order valence-electron chi connectivity index (χ4n) is 2.03. The van der Waals surface area contributed by atoms with Gasteiger partial charge in [0, 0.05) is 12.7 Å². The average molecular weight is 334 g/mol. The van der Waals surface area contributed by atoms with Crippen LogP contribution in [0.2, 0.25) is 0 Å². The third kappa shape index (κ3) is 2.22. The van der Waals surface area contributed by atoms with E-state index in [0.717, 1.165) is 16.9 Å². The minimum Gasteiger partial charge on any atom is -0.444 e. The molecule has 6 heteroatoms. The number of anilines is 1. The van der Waals surface area contributed by atoms with Crippen molar-refractivity contribution >= 4 is 38.6 Å². The molecule has 0 radical (unpaired) electrons. The highest BCUT2D eigenvalue weighted by molar-refractivity contribution is 9.10. The molecule has 0 bridgehead atoms. The molecule has 3 aromatic rings. The number of carbonyl (C=O) groups excluding carboxylic acids is 1. The van der Waals surface area contributed by atoms with Gasteiger partial charge in [-0.1, -0.05) is 0 Å². The number of furan rings is 1. The van der Waals surface area contributed by atoms with Crippen LogP contribution in [0.4, 0.5) is 5.69 Å². The Kier molecular flexibility index (Phi) is 3.10. The number of nitrogens with zero attached hydrogens (tertiary/aromatic N) is 2. The molecular formula is C14H12BrN3O2. The van der Waals surface area contributed by atoms with Gasteiger partial charge in [-0.2, -0.15) is 0 Å². The zero-order chi connectivity index (χ0) is 14.3. The maximum absolute atomic E-state index is 12.0. The standard InChI is InChI=1S/C14H12BrN3O2/c1-8-16-10-7-9(3-4-11(10)18(8)2)17-14(19)12-5-6-13(15)20-12/h3-7H,1-2H3,(H,17,19). The summed E-state index contributed by atoms with van der Waals surface area (Å²) < 4.78 is 7.74. The van der Waals surface area contributed by atoms with Crippen LogP contribution in [-0.4, -0.2) is 15.5 Å². The molecule has 5 nitrogen and oxygen atoms in total. The summed E-state index contributed by atoms with van der Waals surface area (Å²) in [5.41, 5.74) is 2.57. The van der Waals surface area contributed by atoms with Crippen LogP contribution < -0.4 is 5.32 Å². The number of hydrogen-bond donors (Lipinski definition) is 1. The molecule has 0 aliphatic carbocycles. The van der Waals surface area contributed by atoms with Crippen molar-refractivity contribution in [1.29, 1.82) is 0 Å². The van der Waals surface area contributed by atoms with Crippen LogP contribution in [0.1, 0.15) is 16.4 Å². The molecule has 3 rings (SSSR count). The summed E-state index contributed by atoms with van der Waals surface area (Å²) in [6, 6.07) is 8.92. The van der Waals surface area contributed by atoms with Crippen molar-refractivity contribution in [3.8, 4) is 0 Å². The van der Waals surface area contributed by atoms with Crippen molar-refractivity contribution in [3.05, 3.63) is 46.6 Å². The topological polar surface area (TPSA) is 60.1 Å². The summed E-state index contributed by atoms with van der Waals surface area (Å²) >= 11 is 3.17. The van der Waals surface area contributed by atoms with Crippen LogP contribution in [0.25, 0.3) is 11.0 Å². The van der Waals surface area contributed by atoms with E-state index in [-0.39, 0.29) is 11.7 Å². The first-order valence-electron chi connectivity index (χ1n) is 6.04. The zero-order valence-electron chi connectivity index (χ0n) is 11.0. The molecule has 0 saturated heterocycles. The Morgan fingerprint density at radius 1 is 1.35 bits per heavy atom. The van der Waals surface area contributed by atoms with Gasteiger partial charge in [0.05, 0.1) is 11.0 Å². The third-order valence-electron chi connectivity index (χ3n) is 3.16. The van der Waals surface area contributed by atoms with E-state index in [0.29, 0.717) is 10.4 Å². The highest BCUT2D eigenvalue weighted by Crippen LogP contribution is 2.21. The minimum absolute atomic E-state index is 0.258. The van der Waals surface area contributed by atoms with Gasteiger partial charge in [0.25, 0.3) is 5.91 Å². The molecule has 2 heterocycles. The quantitative estimate of drug-likeness (QED) is 0.780. The molecule has 102 valence electrons. The van der Waals surface area contributed by atoms with E-state index in [2.05, 4.69) is 26.2 Å². The summed E-state index contributed by atoms with van der Waals surface area (Å²) in [5, 5.41) is 2.79. The molecule has 0 spiro atoms. The lowest BCUT2D eigenvalue weighted by molar-refractivity contribution is 0.0995. The van der Waals surface area contributed by atoms with E-state index in [1.807, 2.05) is 36.7 Å². The summed E-state index contributed by atoms with van der Waals surface area (Å²) in [4.78, 5) is 16.4. The van der Waals surface area contributed by atoms with E-state index in [1.54, 1.807) is 12.1 Å². The van der Waals surface area contributed by atoms with Crippen molar-refractivity contribution in [3.63, 3.8) is 0 Å². The second kappa shape index (κ2) is 4.79. The summed E-state index contributed by atoms with van der Waals surface area (Å²) in [7, 11) is 1.96. The third-order valence-corrected chi connectivity index (χ3v) is 3.59. The lowest BCUT2D eigenvalue weighted by Crippen LogP contribution is -2.10. The summed E-state index contributed by atoms with van der Waals surface area (Å²) in [5.74, 6) is 0.898. The number of fused-ring (bicyclic) bond motifs is 1. The van der Waals surface area contributed by atoms with Crippen LogP contribution in [0.15, 0.2) is 39.4 Å². The first-order valence-corrected chi connectivity index (χ1v) is 6.83. The molecule has 0 aliphatic rings. The van der Waals surface area contributed by atoms with E-state index < -0.39 is 0 Å². The van der Waals surface area contributed by atoms with Crippen LogP contribution in [0, 0.1) is 6.92 Å². The number of aromatic nitrogens is 2. The molecule has 0 saturated carbocycles. The van der Waals surface area contributed by atoms with Gasteiger partial charge >= 0.3 is 0 Å². The number of hydrogen-bond acceptors (Lipinski definition) is 3. The van der Waals surface area contributed by atoms with Crippen molar-refractivity contribution in [2.24, 2.45) is 7.05 Å². The van der Waals surface area contributed by atoms with E-state index in [1.165, 1.54) is 0 Å². The van der Waals surface area contributed by atoms with E-state index in [9.17, 15) is 4.79 Å². The second-order valence-electron chi connectivity index (χ2n) is 4.48. The van der Waals surface area contributed by atoms with Crippen LogP contribution >= 0.6 is 15.9 Å². The average Bonchev–Trinajstić information content (AvgIpc) is 2.95. The Hall–Kier alpha value is -2.08. The van der Waals surface area contributed by atoms with E-state index >= 15 is 0 Å². The lowest BCUT2D eigenvalue weighted by Gasteiger charge is -2.03. The second-order valence-corrected chi connectivity index (χ2v) is 5.26. The SMILES string of the molecule is Cc1nc2cc(NC(=O)c3ccc(Br)o3)ccc2n1C. The van der Waals surface area contributed by atoms with Gasteiger partial charge in [0.15, 0.2) is 10.4 Å². The van der Waals surface area contributed by atoms with Crippen molar-refractivity contribution in [2.75, 3.05) is 5.32 Å². The highest BCUT2D eigenvalue weighted by atomic mass is 79.9. The summed E-state index contributed by atoms with van der Waals surface area (Å²) in [6.45, 7) is 1.94. The van der Waals surface area contributed by atoms with Crippen molar-refractivity contribution < 1.29 is 9.21 Å². The van der Waals surface area contributed by atoms with Gasteiger partial charge < -0.3 is 14.3 Å². The molecule has 1 amide bonds. The fraction of sp³-hybridized carbons (Fsp3) is 0.143. The molecule has 0 fully saturated rings. The number of rotatable bonds is 2. The number of halogens is 1. The largest absolute Gasteiger partial charge is 0.444 e. The van der Waals surface area contributed by atoms with Crippen LogP contribution in [0.5, 0.6) is 0 Å². The molecule has 20 heavy (non-hydrogen) atoms. The number of aryl methyl sites for hydroxylation is 2. The van der Waals surface area contributed by atoms with Gasteiger partial charge in [-0.05, 0) is 53.2 Å². The molecule has 0 unspecified atom stereocenters. The predicted molar refractivity (Wildman–Crippen MR) is 79.8 cm³/mol. The normalized spacial score (nSPS) is 10.9. The molecular weight excluding hydrogens is 322 g/mol. The maximum Gasteiger partial charge on any atom is 0.291 e. The van der Waals surface area contributed by atoms with Gasteiger partial charge in [0.1, 0.15) is 5.82 Å². The van der Waals surface area contributed by atoms with Crippen molar-refractivity contribution in [2.45, 2.75) is 6.92 Å². The highest BCUT2D eigenvalue weighted by Gasteiger charge is 2.12. The number of benzene rings is 1. The minimum atomic E-state index is -0.289. The molecule has 1 aromatic carbocycles. The molecule has 1 N–H and O–H groups in total. The predicted octanol–water partition coefficient (Wildman–Crippen LogP) is 3.49. The molecule has 0 aliphatic heterocycles. The van der Waals surface area contributed by atoms with Crippen LogP contribution in [-0.2, 0) is 7.05 Å². The monoisotopic (exact) mass is 333 g/mol. The van der Waals surface area contributed by atoms with E-state index in [4.69, 9.17) is 4.42 Å². The molecule has 0 atom stereocenters. The number of amides is 1. The lowest BCUT2D eigenvalue weighted by atomic mass is 10.2. The number of carbonyl (C=O) groups is 1. The Bertz CT molecular complexity index is 804. The van der Waals surface area contributed by atoms with Crippen LogP contribution in [0.3, 0.4) is 0 Å². The first-order chi connectivity index (χ1) is 9.54. The Morgan fingerprint density at radius 3 is 2.85 bits per heavy atom. The fourth-order valence-corrected chi connectivity index (χ4v) is 2.33. The molecule has 2 aromatic heterocycles. The Labute approximate surface area is 123 Å². The van der Waals surface area contributed by atoms with Gasteiger partial charge in [-0.25, -0.2) is 4.98 Å². The zero-order valence-corrected chi connectivity index (χ0v) is 12.6. The van der Waals surface area contributed by atoms with Gasteiger partial charge in [-0.3, -0.25) is 4.79 Å². The van der Waals surface area contributed by atoms with Gasteiger partial charge in [0.2, 0.25) is 0 Å². The van der Waals surface area contributed by atoms with Crippen molar-refractivity contribution in [1.82, 2.24) is 9.55 Å². The number of imidazole rings is 1. The summed E-state index contributed by atoms with van der Waals surface area (Å²) in [6.07, 6.45) is 0. The Balaban J connectivity index is 1.89. The Morgan fingerprint density at radius 2 is 2.15 bits per heavy atom. The number of nitrogens with one attached hydrogen (secondary N) is 1. The van der Waals surface area contributed by atoms with Gasteiger partial charge in [-0.15, -0.1) is 0 Å². The maximum atomic E-state index is 12.0. The first kappa shape index (κ1) is 12.9.